The summed E-state index contributed by atoms with van der Waals surface area (Å²) in [6, 6.07) is 12.4. The van der Waals surface area contributed by atoms with E-state index in [9.17, 15) is 4.39 Å². The van der Waals surface area contributed by atoms with Crippen LogP contribution in [0.15, 0.2) is 42.5 Å². The second kappa shape index (κ2) is 6.46. The molecule has 0 heterocycles. The molecule has 2 aromatic carbocycles. The maximum Gasteiger partial charge on any atom is 0.123 e. The zero-order valence-electron chi connectivity index (χ0n) is 12.3. The van der Waals surface area contributed by atoms with Crippen molar-refractivity contribution >= 4 is 17.3 Å². The highest BCUT2D eigenvalue weighted by Crippen LogP contribution is 2.24. The molecule has 2 aromatic rings. The summed E-state index contributed by atoms with van der Waals surface area (Å²) in [6.45, 7) is 4.40. The van der Waals surface area contributed by atoms with Crippen molar-refractivity contribution in [3.8, 4) is 0 Å². The van der Waals surface area contributed by atoms with Gasteiger partial charge in [-0.3, -0.25) is 0 Å². The first-order valence-corrected chi connectivity index (χ1v) is 7.28. The van der Waals surface area contributed by atoms with Gasteiger partial charge in [-0.05, 0) is 55.7 Å². The first-order chi connectivity index (χ1) is 9.92. The van der Waals surface area contributed by atoms with E-state index in [1.54, 1.807) is 6.07 Å². The number of nitrogens with one attached hydrogen (secondary N) is 1. The molecular weight excluding hydrogens is 287 g/mol. The molecule has 0 bridgehead atoms. The normalized spacial score (nSPS) is 13.8. The summed E-state index contributed by atoms with van der Waals surface area (Å²) in [5.41, 5.74) is 8.40. The van der Waals surface area contributed by atoms with Gasteiger partial charge in [0.05, 0.1) is 5.54 Å². The largest absolute Gasteiger partial charge is 0.378 e. The molecule has 0 aliphatic carbocycles. The lowest BCUT2D eigenvalue weighted by Crippen LogP contribution is -2.44. The summed E-state index contributed by atoms with van der Waals surface area (Å²) in [7, 11) is 0. The molecule has 0 radical (unpaired) electrons. The van der Waals surface area contributed by atoms with Crippen LogP contribution in [0.25, 0.3) is 0 Å². The fraction of sp³-hybridized carbons (Fsp3) is 0.294. The third kappa shape index (κ3) is 4.19. The van der Waals surface area contributed by atoms with Gasteiger partial charge >= 0.3 is 0 Å². The van der Waals surface area contributed by atoms with Gasteiger partial charge in [-0.1, -0.05) is 29.8 Å². The maximum absolute atomic E-state index is 13.3. The predicted molar refractivity (Wildman–Crippen MR) is 87.4 cm³/mol. The number of hydrogen-bond donors (Lipinski definition) is 2. The minimum absolute atomic E-state index is 0.231. The number of rotatable bonds is 5. The number of benzene rings is 2. The lowest BCUT2D eigenvalue weighted by molar-refractivity contribution is 0.518. The van der Waals surface area contributed by atoms with Gasteiger partial charge in [-0.25, -0.2) is 4.39 Å². The fourth-order valence-corrected chi connectivity index (χ4v) is 2.46. The molecule has 0 spiro atoms. The van der Waals surface area contributed by atoms with Crippen molar-refractivity contribution in [1.29, 1.82) is 0 Å². The van der Waals surface area contributed by atoms with Crippen LogP contribution in [0.3, 0.4) is 0 Å². The summed E-state index contributed by atoms with van der Waals surface area (Å²) in [6.07, 6.45) is 0.632. The van der Waals surface area contributed by atoms with E-state index < -0.39 is 0 Å². The Morgan fingerprint density at radius 1 is 1.24 bits per heavy atom. The average molecular weight is 307 g/mol. The van der Waals surface area contributed by atoms with Gasteiger partial charge in [0.2, 0.25) is 0 Å². The van der Waals surface area contributed by atoms with Crippen molar-refractivity contribution in [2.24, 2.45) is 5.73 Å². The minimum Gasteiger partial charge on any atom is -0.378 e. The minimum atomic E-state index is -0.369. The molecule has 0 amide bonds. The average Bonchev–Trinajstić information content (AvgIpc) is 2.43. The van der Waals surface area contributed by atoms with E-state index in [-0.39, 0.29) is 11.4 Å². The molecule has 0 saturated carbocycles. The molecule has 0 fully saturated rings. The SMILES string of the molecule is Cc1ccc(NC(C)(CN)Cc2cccc(F)c2)cc1Cl. The monoisotopic (exact) mass is 306 g/mol. The third-order valence-corrected chi connectivity index (χ3v) is 3.96. The van der Waals surface area contributed by atoms with Crippen molar-refractivity contribution < 1.29 is 4.39 Å². The molecular formula is C17H20ClFN2. The smallest absolute Gasteiger partial charge is 0.123 e. The summed E-state index contributed by atoms with van der Waals surface area (Å²) in [4.78, 5) is 0. The van der Waals surface area contributed by atoms with Gasteiger partial charge in [0.1, 0.15) is 5.82 Å². The molecule has 2 nitrogen and oxygen atoms in total. The van der Waals surface area contributed by atoms with Gasteiger partial charge in [0.25, 0.3) is 0 Å². The number of hydrogen-bond acceptors (Lipinski definition) is 2. The number of nitrogens with two attached hydrogens (primary N) is 1. The van der Waals surface area contributed by atoms with Crippen LogP contribution in [-0.4, -0.2) is 12.1 Å². The lowest BCUT2D eigenvalue weighted by atomic mass is 9.92. The van der Waals surface area contributed by atoms with Gasteiger partial charge in [0, 0.05) is 17.3 Å². The topological polar surface area (TPSA) is 38.0 Å². The first kappa shape index (κ1) is 15.8. The van der Waals surface area contributed by atoms with Crippen molar-refractivity contribution in [1.82, 2.24) is 0 Å². The van der Waals surface area contributed by atoms with Crippen molar-refractivity contribution in [2.75, 3.05) is 11.9 Å². The van der Waals surface area contributed by atoms with Crippen LogP contribution < -0.4 is 11.1 Å². The number of halogens is 2. The Kier molecular flexibility index (Phi) is 4.86. The Hall–Kier alpha value is -1.58. The summed E-state index contributed by atoms with van der Waals surface area (Å²) in [5, 5.41) is 4.12. The zero-order valence-corrected chi connectivity index (χ0v) is 13.0. The maximum atomic E-state index is 13.3. The second-order valence-electron chi connectivity index (χ2n) is 5.66. The Morgan fingerprint density at radius 2 is 2.00 bits per heavy atom. The van der Waals surface area contributed by atoms with Crippen LogP contribution >= 0.6 is 11.6 Å². The molecule has 21 heavy (non-hydrogen) atoms. The van der Waals surface area contributed by atoms with E-state index in [4.69, 9.17) is 17.3 Å². The van der Waals surface area contributed by atoms with E-state index in [0.29, 0.717) is 18.0 Å². The Bertz CT molecular complexity index is 630. The van der Waals surface area contributed by atoms with Crippen LogP contribution in [0, 0.1) is 12.7 Å². The standard InChI is InChI=1S/C17H20ClFN2/c1-12-6-7-15(9-16(12)18)21-17(2,11-20)10-13-4-3-5-14(19)8-13/h3-9,21H,10-11,20H2,1-2H3. The highest BCUT2D eigenvalue weighted by Gasteiger charge is 2.23. The van der Waals surface area contributed by atoms with E-state index >= 15 is 0 Å². The molecule has 0 aromatic heterocycles. The van der Waals surface area contributed by atoms with Crippen LogP contribution in [0.5, 0.6) is 0 Å². The molecule has 1 unspecified atom stereocenters. The van der Waals surface area contributed by atoms with Crippen LogP contribution in [0.1, 0.15) is 18.1 Å². The van der Waals surface area contributed by atoms with Gasteiger partial charge in [-0.2, -0.15) is 0 Å². The van der Waals surface area contributed by atoms with Crippen molar-refractivity contribution in [3.63, 3.8) is 0 Å². The highest BCUT2D eigenvalue weighted by molar-refractivity contribution is 6.31. The summed E-state index contributed by atoms with van der Waals surface area (Å²) in [5.74, 6) is -0.231. The van der Waals surface area contributed by atoms with E-state index in [1.807, 2.05) is 38.1 Å². The molecule has 3 N–H and O–H groups in total. The Labute approximate surface area is 130 Å². The molecule has 0 saturated heterocycles. The predicted octanol–water partition coefficient (Wildman–Crippen LogP) is 4.16. The van der Waals surface area contributed by atoms with Gasteiger partial charge in [-0.15, -0.1) is 0 Å². The molecule has 0 aliphatic heterocycles. The highest BCUT2D eigenvalue weighted by atomic mass is 35.5. The molecule has 0 aliphatic rings. The second-order valence-corrected chi connectivity index (χ2v) is 6.07. The van der Waals surface area contributed by atoms with Gasteiger partial charge in [0.15, 0.2) is 0 Å². The van der Waals surface area contributed by atoms with E-state index in [1.165, 1.54) is 12.1 Å². The Balaban J connectivity index is 2.18. The van der Waals surface area contributed by atoms with Crippen molar-refractivity contribution in [3.05, 3.63) is 64.4 Å². The van der Waals surface area contributed by atoms with Crippen LogP contribution in [-0.2, 0) is 6.42 Å². The first-order valence-electron chi connectivity index (χ1n) is 6.91. The van der Waals surface area contributed by atoms with Crippen molar-refractivity contribution in [2.45, 2.75) is 25.8 Å². The summed E-state index contributed by atoms with van der Waals surface area (Å²) >= 11 is 6.15. The van der Waals surface area contributed by atoms with E-state index in [2.05, 4.69) is 5.32 Å². The number of aryl methyl sites for hydroxylation is 1. The summed E-state index contributed by atoms with van der Waals surface area (Å²) < 4.78 is 13.3. The third-order valence-electron chi connectivity index (χ3n) is 3.55. The van der Waals surface area contributed by atoms with E-state index in [0.717, 1.165) is 16.8 Å². The molecule has 4 heteroatoms. The molecule has 2 rings (SSSR count). The zero-order chi connectivity index (χ0) is 15.5. The fourth-order valence-electron chi connectivity index (χ4n) is 2.28. The van der Waals surface area contributed by atoms with Crippen LogP contribution in [0.2, 0.25) is 5.02 Å². The number of anilines is 1. The molecule has 1 atom stereocenters. The molecule has 112 valence electrons. The van der Waals surface area contributed by atoms with Gasteiger partial charge < -0.3 is 11.1 Å². The van der Waals surface area contributed by atoms with Crippen LogP contribution in [0.4, 0.5) is 10.1 Å². The Morgan fingerprint density at radius 3 is 2.62 bits per heavy atom. The quantitative estimate of drug-likeness (QED) is 0.870. The lowest BCUT2D eigenvalue weighted by Gasteiger charge is -2.31.